The summed E-state index contributed by atoms with van der Waals surface area (Å²) in [5.41, 5.74) is 8.86. The number of benzene rings is 1. The Labute approximate surface area is 112 Å². The summed E-state index contributed by atoms with van der Waals surface area (Å²) in [5.74, 6) is 0.746. The summed E-state index contributed by atoms with van der Waals surface area (Å²) in [6, 6.07) is 9.01. The molecule has 102 valence electrons. The van der Waals surface area contributed by atoms with Gasteiger partial charge in [-0.2, -0.15) is 0 Å². The van der Waals surface area contributed by atoms with Gasteiger partial charge in [-0.05, 0) is 45.3 Å². The Morgan fingerprint density at radius 1 is 1.11 bits per heavy atom. The molecule has 0 amide bonds. The minimum Gasteiger partial charge on any atom is -0.323 e. The van der Waals surface area contributed by atoms with Gasteiger partial charge in [-0.1, -0.05) is 43.7 Å². The number of likely N-dealkylation sites (N-methyl/N-ethyl adjacent to an activating group) is 1. The molecule has 2 N–H and O–H groups in total. The second-order valence-electron chi connectivity index (χ2n) is 5.84. The lowest BCUT2D eigenvalue weighted by atomic mass is 9.99. The topological polar surface area (TPSA) is 29.3 Å². The third kappa shape index (κ3) is 4.43. The summed E-state index contributed by atoms with van der Waals surface area (Å²) >= 11 is 0. The first-order chi connectivity index (χ1) is 8.41. The van der Waals surface area contributed by atoms with E-state index in [-0.39, 0.29) is 6.04 Å². The van der Waals surface area contributed by atoms with Crippen LogP contribution < -0.4 is 5.73 Å². The van der Waals surface area contributed by atoms with Crippen molar-refractivity contribution in [3.8, 4) is 0 Å². The smallest absolute Gasteiger partial charge is 0.0450 e. The zero-order valence-corrected chi connectivity index (χ0v) is 12.5. The van der Waals surface area contributed by atoms with Crippen molar-refractivity contribution >= 4 is 0 Å². The third-order valence-corrected chi connectivity index (χ3v) is 3.74. The van der Waals surface area contributed by atoms with E-state index in [9.17, 15) is 0 Å². The van der Waals surface area contributed by atoms with Crippen LogP contribution in [-0.4, -0.2) is 24.5 Å². The van der Waals surface area contributed by atoms with Crippen molar-refractivity contribution in [3.63, 3.8) is 0 Å². The maximum absolute atomic E-state index is 6.35. The molecule has 1 rings (SSSR count). The average molecular weight is 248 g/mol. The van der Waals surface area contributed by atoms with Crippen molar-refractivity contribution < 1.29 is 0 Å². The first-order valence-electron chi connectivity index (χ1n) is 6.94. The molecule has 0 spiro atoms. The van der Waals surface area contributed by atoms with Gasteiger partial charge in [-0.15, -0.1) is 0 Å². The molecule has 0 radical (unpaired) electrons. The number of hydrogen-bond donors (Lipinski definition) is 1. The minimum atomic E-state index is 0.0859. The predicted octanol–water partition coefficient (Wildman–Crippen LogP) is 3.36. The molecular weight excluding hydrogens is 220 g/mol. The van der Waals surface area contributed by atoms with Gasteiger partial charge in [0.25, 0.3) is 0 Å². The summed E-state index contributed by atoms with van der Waals surface area (Å²) in [6.45, 7) is 9.95. The minimum absolute atomic E-state index is 0.0859. The van der Waals surface area contributed by atoms with E-state index in [0.717, 1.165) is 12.5 Å². The van der Waals surface area contributed by atoms with Crippen LogP contribution >= 0.6 is 0 Å². The molecule has 2 atom stereocenters. The molecule has 2 unspecified atom stereocenters. The highest BCUT2D eigenvalue weighted by Gasteiger charge is 2.18. The van der Waals surface area contributed by atoms with Crippen LogP contribution in [0.2, 0.25) is 0 Å². The van der Waals surface area contributed by atoms with Crippen LogP contribution in [0.15, 0.2) is 24.3 Å². The van der Waals surface area contributed by atoms with Gasteiger partial charge in [0.2, 0.25) is 0 Å². The van der Waals surface area contributed by atoms with E-state index < -0.39 is 0 Å². The van der Waals surface area contributed by atoms with Gasteiger partial charge in [0.1, 0.15) is 0 Å². The van der Waals surface area contributed by atoms with Gasteiger partial charge >= 0.3 is 0 Å². The van der Waals surface area contributed by atoms with Crippen molar-refractivity contribution in [2.24, 2.45) is 11.7 Å². The molecule has 0 aliphatic rings. The molecule has 0 heterocycles. The number of aryl methyl sites for hydroxylation is 1. The van der Waals surface area contributed by atoms with E-state index in [1.54, 1.807) is 0 Å². The van der Waals surface area contributed by atoms with E-state index in [2.05, 4.69) is 63.9 Å². The lowest BCUT2D eigenvalue weighted by Gasteiger charge is -2.30. The summed E-state index contributed by atoms with van der Waals surface area (Å²) in [4.78, 5) is 2.37. The van der Waals surface area contributed by atoms with Crippen LogP contribution in [0.25, 0.3) is 0 Å². The molecule has 0 fully saturated rings. The highest BCUT2D eigenvalue weighted by molar-refractivity contribution is 5.24. The van der Waals surface area contributed by atoms with Gasteiger partial charge < -0.3 is 10.6 Å². The third-order valence-electron chi connectivity index (χ3n) is 3.74. The van der Waals surface area contributed by atoms with Gasteiger partial charge in [-0.25, -0.2) is 0 Å². The van der Waals surface area contributed by atoms with E-state index in [0.29, 0.717) is 6.04 Å². The highest BCUT2D eigenvalue weighted by Crippen LogP contribution is 2.18. The fourth-order valence-corrected chi connectivity index (χ4v) is 2.01. The fourth-order valence-electron chi connectivity index (χ4n) is 2.01. The number of rotatable bonds is 6. The monoisotopic (exact) mass is 248 g/mol. The molecular formula is C16H28N2. The van der Waals surface area contributed by atoms with Gasteiger partial charge in [0, 0.05) is 12.1 Å². The van der Waals surface area contributed by atoms with Crippen LogP contribution in [0.4, 0.5) is 0 Å². The van der Waals surface area contributed by atoms with Gasteiger partial charge in [0.05, 0.1) is 0 Å². The van der Waals surface area contributed by atoms with Crippen molar-refractivity contribution in [1.29, 1.82) is 0 Å². The Morgan fingerprint density at radius 3 is 2.17 bits per heavy atom. The number of hydrogen-bond acceptors (Lipinski definition) is 2. The van der Waals surface area contributed by atoms with Crippen LogP contribution in [0.5, 0.6) is 0 Å². The maximum atomic E-state index is 6.35. The van der Waals surface area contributed by atoms with Crippen LogP contribution in [0, 0.1) is 12.8 Å². The highest BCUT2D eigenvalue weighted by atomic mass is 15.1. The van der Waals surface area contributed by atoms with E-state index in [1.807, 2.05) is 0 Å². The molecule has 0 aliphatic carbocycles. The van der Waals surface area contributed by atoms with E-state index >= 15 is 0 Å². The molecule has 1 aromatic carbocycles. The summed E-state index contributed by atoms with van der Waals surface area (Å²) in [6.07, 6.45) is 1.22. The van der Waals surface area contributed by atoms with Crippen molar-refractivity contribution in [1.82, 2.24) is 4.90 Å². The molecule has 0 bridgehead atoms. The molecule has 18 heavy (non-hydrogen) atoms. The Kier molecular flexibility index (Phi) is 5.83. The molecule has 0 aliphatic heterocycles. The zero-order valence-electron chi connectivity index (χ0n) is 12.5. The van der Waals surface area contributed by atoms with Gasteiger partial charge in [-0.3, -0.25) is 0 Å². The molecule has 0 saturated carbocycles. The number of nitrogens with two attached hydrogens (primary N) is 1. The first kappa shape index (κ1) is 15.2. The Bertz CT molecular complexity index is 343. The van der Waals surface area contributed by atoms with Crippen LogP contribution in [0.3, 0.4) is 0 Å². The predicted molar refractivity (Wildman–Crippen MR) is 79.7 cm³/mol. The second kappa shape index (κ2) is 6.91. The van der Waals surface area contributed by atoms with Crippen LogP contribution in [0.1, 0.15) is 44.4 Å². The standard InChI is InChI=1S/C16H28N2/c1-12(2)10-11-18(5)14(4)16(17)15-8-6-13(3)7-9-15/h6-9,12,14,16H,10-11,17H2,1-5H3. The van der Waals surface area contributed by atoms with Gasteiger partial charge in [0.15, 0.2) is 0 Å². The molecule has 1 aromatic rings. The zero-order chi connectivity index (χ0) is 13.7. The maximum Gasteiger partial charge on any atom is 0.0450 e. The fraction of sp³-hybridized carbons (Fsp3) is 0.625. The van der Waals surface area contributed by atoms with Crippen molar-refractivity contribution in [3.05, 3.63) is 35.4 Å². The summed E-state index contributed by atoms with van der Waals surface area (Å²) < 4.78 is 0. The van der Waals surface area contributed by atoms with E-state index in [4.69, 9.17) is 5.73 Å². The quantitative estimate of drug-likeness (QED) is 0.836. The Morgan fingerprint density at radius 2 is 1.67 bits per heavy atom. The van der Waals surface area contributed by atoms with Crippen molar-refractivity contribution in [2.45, 2.75) is 46.2 Å². The normalized spacial score (nSPS) is 15.1. The molecule has 0 saturated heterocycles. The average Bonchev–Trinajstić information content (AvgIpc) is 2.35. The largest absolute Gasteiger partial charge is 0.323 e. The first-order valence-corrected chi connectivity index (χ1v) is 6.94. The lowest BCUT2D eigenvalue weighted by molar-refractivity contribution is 0.216. The van der Waals surface area contributed by atoms with E-state index in [1.165, 1.54) is 17.5 Å². The molecule has 0 aromatic heterocycles. The number of nitrogens with zero attached hydrogens (tertiary/aromatic N) is 1. The Hall–Kier alpha value is -0.860. The second-order valence-corrected chi connectivity index (χ2v) is 5.84. The van der Waals surface area contributed by atoms with Crippen molar-refractivity contribution in [2.75, 3.05) is 13.6 Å². The molecule has 2 heteroatoms. The summed E-state index contributed by atoms with van der Waals surface area (Å²) in [5, 5.41) is 0. The lowest BCUT2D eigenvalue weighted by Crippen LogP contribution is -2.39. The van der Waals surface area contributed by atoms with Crippen LogP contribution in [-0.2, 0) is 0 Å². The summed E-state index contributed by atoms with van der Waals surface area (Å²) in [7, 11) is 2.17. The molecule has 2 nitrogen and oxygen atoms in total. The Balaban J connectivity index is 2.59. The SMILES string of the molecule is Cc1ccc(C(N)C(C)N(C)CCC(C)C)cc1.